The minimum Gasteiger partial charge on any atom is -0.478 e. The van der Waals surface area contributed by atoms with Crippen LogP contribution in [0.25, 0.3) is 0 Å². The Bertz CT molecular complexity index is 599. The number of esters is 1. The van der Waals surface area contributed by atoms with Gasteiger partial charge in [-0.1, -0.05) is 12.1 Å². The van der Waals surface area contributed by atoms with Crippen molar-refractivity contribution in [1.82, 2.24) is 5.32 Å². The van der Waals surface area contributed by atoms with Gasteiger partial charge >= 0.3 is 5.97 Å². The van der Waals surface area contributed by atoms with Crippen molar-refractivity contribution in [3.05, 3.63) is 29.8 Å². The number of ether oxygens (including phenoxy) is 2. The standard InChI is InChI=1S/C16H19Cl2NO4/c1-15(2,14(21)19-9-13(20)22-3)23-11-6-4-10(5-7-11)12-8-16(12,17)18/h4-7,12H,8-9H2,1-3H3,(H,19,21)/t12-/m0/s1. The van der Waals surface area contributed by atoms with Crippen LogP contribution >= 0.6 is 23.2 Å². The molecule has 1 atom stereocenters. The highest BCUT2D eigenvalue weighted by molar-refractivity contribution is 6.51. The SMILES string of the molecule is COC(=O)CNC(=O)C(C)(C)Oc1ccc([C@@H]2CC2(Cl)Cl)cc1. The summed E-state index contributed by atoms with van der Waals surface area (Å²) in [5.41, 5.74) is -0.0898. The van der Waals surface area contributed by atoms with Gasteiger partial charge in [0.2, 0.25) is 0 Å². The lowest BCUT2D eigenvalue weighted by molar-refractivity contribution is -0.143. The number of rotatable bonds is 6. The lowest BCUT2D eigenvalue weighted by atomic mass is 10.1. The van der Waals surface area contributed by atoms with Crippen LogP contribution in [0.5, 0.6) is 5.75 Å². The van der Waals surface area contributed by atoms with E-state index in [1.165, 1.54) is 7.11 Å². The van der Waals surface area contributed by atoms with Crippen LogP contribution in [0.2, 0.25) is 0 Å². The van der Waals surface area contributed by atoms with Crippen LogP contribution in [0.3, 0.4) is 0 Å². The van der Waals surface area contributed by atoms with E-state index in [0.29, 0.717) is 5.75 Å². The summed E-state index contributed by atoms with van der Waals surface area (Å²) in [5, 5.41) is 2.47. The van der Waals surface area contributed by atoms with E-state index in [9.17, 15) is 9.59 Å². The number of amides is 1. The normalized spacial score (nSPS) is 18.9. The van der Waals surface area contributed by atoms with E-state index in [4.69, 9.17) is 27.9 Å². The summed E-state index contributed by atoms with van der Waals surface area (Å²) < 4.78 is 9.51. The molecule has 1 aliphatic rings. The number of carbonyl (C=O) groups is 2. The van der Waals surface area contributed by atoms with Crippen LogP contribution in [-0.4, -0.2) is 35.5 Å². The van der Waals surface area contributed by atoms with Crippen molar-refractivity contribution in [2.75, 3.05) is 13.7 Å². The third kappa shape index (κ3) is 4.52. The van der Waals surface area contributed by atoms with Crippen LogP contribution < -0.4 is 10.1 Å². The maximum Gasteiger partial charge on any atom is 0.325 e. The Balaban J connectivity index is 1.94. The summed E-state index contributed by atoms with van der Waals surface area (Å²) in [6.07, 6.45) is 0.734. The van der Waals surface area contributed by atoms with E-state index in [1.54, 1.807) is 26.0 Å². The number of halogens is 2. The maximum atomic E-state index is 12.1. The third-order valence-electron chi connectivity index (χ3n) is 3.65. The fourth-order valence-corrected chi connectivity index (χ4v) is 2.68. The van der Waals surface area contributed by atoms with Gasteiger partial charge in [0, 0.05) is 5.92 Å². The molecule has 0 spiro atoms. The number of hydrogen-bond donors (Lipinski definition) is 1. The number of carbonyl (C=O) groups excluding carboxylic acids is 2. The first-order valence-electron chi connectivity index (χ1n) is 7.17. The fourth-order valence-electron chi connectivity index (χ4n) is 2.12. The lowest BCUT2D eigenvalue weighted by Crippen LogP contribution is -2.48. The van der Waals surface area contributed by atoms with Gasteiger partial charge in [0.1, 0.15) is 16.6 Å². The molecule has 2 rings (SSSR count). The van der Waals surface area contributed by atoms with E-state index in [2.05, 4.69) is 10.1 Å². The molecule has 1 N–H and O–H groups in total. The van der Waals surface area contributed by atoms with E-state index >= 15 is 0 Å². The molecule has 1 aromatic carbocycles. The Labute approximate surface area is 145 Å². The molecule has 1 aliphatic carbocycles. The van der Waals surface area contributed by atoms with Gasteiger partial charge in [-0.2, -0.15) is 0 Å². The first-order valence-corrected chi connectivity index (χ1v) is 7.93. The van der Waals surface area contributed by atoms with Crippen molar-refractivity contribution in [2.24, 2.45) is 0 Å². The largest absolute Gasteiger partial charge is 0.478 e. The van der Waals surface area contributed by atoms with Crippen molar-refractivity contribution in [1.29, 1.82) is 0 Å². The summed E-state index contributed by atoms with van der Waals surface area (Å²) in [5.74, 6) is -0.248. The molecule has 7 heteroatoms. The molecule has 0 radical (unpaired) electrons. The number of alkyl halides is 2. The Morgan fingerprint density at radius 2 is 1.87 bits per heavy atom. The van der Waals surface area contributed by atoms with Crippen LogP contribution in [0, 0.1) is 0 Å². The van der Waals surface area contributed by atoms with Crippen LogP contribution in [0.15, 0.2) is 24.3 Å². The summed E-state index contributed by atoms with van der Waals surface area (Å²) in [6.45, 7) is 3.05. The van der Waals surface area contributed by atoms with Crippen molar-refractivity contribution >= 4 is 35.1 Å². The van der Waals surface area contributed by atoms with Gasteiger partial charge < -0.3 is 14.8 Å². The Morgan fingerprint density at radius 3 is 2.35 bits per heavy atom. The van der Waals surface area contributed by atoms with E-state index < -0.39 is 21.8 Å². The molecule has 1 fully saturated rings. The van der Waals surface area contributed by atoms with Gasteiger partial charge in [-0.3, -0.25) is 9.59 Å². The van der Waals surface area contributed by atoms with Gasteiger partial charge in [-0.25, -0.2) is 0 Å². The monoisotopic (exact) mass is 359 g/mol. The fraction of sp³-hybridized carbons (Fsp3) is 0.500. The zero-order valence-electron chi connectivity index (χ0n) is 13.2. The smallest absolute Gasteiger partial charge is 0.325 e. The Morgan fingerprint density at radius 1 is 1.30 bits per heavy atom. The second kappa shape index (κ2) is 6.57. The molecule has 23 heavy (non-hydrogen) atoms. The predicted octanol–water partition coefficient (Wildman–Crippen LogP) is 2.79. The van der Waals surface area contributed by atoms with Gasteiger partial charge in [0.05, 0.1) is 7.11 Å². The first-order chi connectivity index (χ1) is 10.7. The lowest BCUT2D eigenvalue weighted by Gasteiger charge is -2.25. The topological polar surface area (TPSA) is 64.6 Å². The van der Waals surface area contributed by atoms with Gasteiger partial charge in [0.25, 0.3) is 5.91 Å². The molecule has 0 bridgehead atoms. The highest BCUT2D eigenvalue weighted by atomic mass is 35.5. The van der Waals surface area contributed by atoms with Crippen molar-refractivity contribution < 1.29 is 19.1 Å². The maximum absolute atomic E-state index is 12.1. The molecule has 126 valence electrons. The van der Waals surface area contributed by atoms with Gasteiger partial charge in [0.15, 0.2) is 5.60 Å². The second-order valence-electron chi connectivity index (χ2n) is 5.96. The zero-order valence-corrected chi connectivity index (χ0v) is 14.7. The van der Waals surface area contributed by atoms with Crippen molar-refractivity contribution in [2.45, 2.75) is 36.1 Å². The number of nitrogens with one attached hydrogen (secondary N) is 1. The molecule has 0 aromatic heterocycles. The quantitative estimate of drug-likeness (QED) is 0.626. The number of hydrogen-bond acceptors (Lipinski definition) is 4. The highest BCUT2D eigenvalue weighted by Gasteiger charge is 2.52. The average molecular weight is 360 g/mol. The molecule has 1 amide bonds. The van der Waals surface area contributed by atoms with Gasteiger partial charge in [-0.05, 0) is 38.0 Å². The van der Waals surface area contributed by atoms with E-state index in [0.717, 1.165) is 12.0 Å². The Hall–Kier alpha value is -1.46. The summed E-state index contributed by atoms with van der Waals surface area (Å²) in [6, 6.07) is 7.31. The highest BCUT2D eigenvalue weighted by Crippen LogP contribution is 2.59. The van der Waals surface area contributed by atoms with Crippen LogP contribution in [0.1, 0.15) is 31.7 Å². The molecule has 5 nitrogen and oxygen atoms in total. The Kier molecular flexibility index (Phi) is 5.11. The van der Waals surface area contributed by atoms with Crippen molar-refractivity contribution in [3.8, 4) is 5.75 Å². The first kappa shape index (κ1) is 17.9. The third-order valence-corrected chi connectivity index (χ3v) is 4.48. The molecule has 0 saturated heterocycles. The summed E-state index contributed by atoms with van der Waals surface area (Å²) in [4.78, 5) is 23.1. The van der Waals surface area contributed by atoms with Crippen LogP contribution in [-0.2, 0) is 14.3 Å². The second-order valence-corrected chi connectivity index (χ2v) is 7.50. The van der Waals surface area contributed by atoms with Crippen molar-refractivity contribution in [3.63, 3.8) is 0 Å². The summed E-state index contributed by atoms with van der Waals surface area (Å²) in [7, 11) is 1.26. The summed E-state index contributed by atoms with van der Waals surface area (Å²) >= 11 is 12.1. The number of methoxy groups -OCH3 is 1. The minimum absolute atomic E-state index is 0.135. The molecule has 1 aromatic rings. The molecular formula is C16H19Cl2NO4. The van der Waals surface area contributed by atoms with Gasteiger partial charge in [-0.15, -0.1) is 23.2 Å². The molecule has 0 aliphatic heterocycles. The van der Waals surface area contributed by atoms with E-state index in [1.807, 2.05) is 12.1 Å². The number of benzene rings is 1. The zero-order chi connectivity index (χ0) is 17.3. The molecule has 0 heterocycles. The average Bonchev–Trinajstić information content (AvgIpc) is 3.13. The predicted molar refractivity (Wildman–Crippen MR) is 88.0 cm³/mol. The van der Waals surface area contributed by atoms with E-state index in [-0.39, 0.29) is 12.5 Å². The molecular weight excluding hydrogens is 341 g/mol. The molecule has 0 unspecified atom stereocenters. The minimum atomic E-state index is -1.13. The van der Waals surface area contributed by atoms with Crippen LogP contribution in [0.4, 0.5) is 0 Å². The molecule has 1 saturated carbocycles.